The Morgan fingerprint density at radius 3 is 2.30 bits per heavy atom. The van der Waals surface area contributed by atoms with Crippen LogP contribution in [0.15, 0.2) is 24.3 Å². The van der Waals surface area contributed by atoms with Crippen LogP contribution in [0.5, 0.6) is 0 Å². The van der Waals surface area contributed by atoms with E-state index in [1.54, 1.807) is 4.90 Å². The van der Waals surface area contributed by atoms with Gasteiger partial charge in [-0.1, -0.05) is 29.8 Å². The molecule has 1 rings (SSSR count). The van der Waals surface area contributed by atoms with Gasteiger partial charge in [0.1, 0.15) is 0 Å². The maximum atomic E-state index is 12.3. The molecular formula is C18H31N3O2. The van der Waals surface area contributed by atoms with E-state index in [2.05, 4.69) is 24.1 Å². The summed E-state index contributed by atoms with van der Waals surface area (Å²) in [4.78, 5) is 16.1. The molecule has 1 atom stereocenters. The number of carbonyl (C=O) groups is 1. The fourth-order valence-electron chi connectivity index (χ4n) is 2.02. The molecule has 0 aliphatic heterocycles. The first-order valence-corrected chi connectivity index (χ1v) is 8.12. The molecule has 5 nitrogen and oxygen atoms in total. The number of aliphatic hydroxyl groups excluding tert-OH is 1. The number of carbonyl (C=O) groups excluding carboxylic acids is 1. The van der Waals surface area contributed by atoms with Gasteiger partial charge in [0.05, 0.1) is 12.6 Å². The van der Waals surface area contributed by atoms with Gasteiger partial charge in [-0.3, -0.25) is 0 Å². The smallest absolute Gasteiger partial charge is 0.317 e. The van der Waals surface area contributed by atoms with Gasteiger partial charge < -0.3 is 20.2 Å². The van der Waals surface area contributed by atoms with Crippen LogP contribution in [0.25, 0.3) is 0 Å². The Kier molecular flexibility index (Phi) is 7.03. The Hall–Kier alpha value is -1.59. The number of urea groups is 1. The van der Waals surface area contributed by atoms with E-state index in [-0.39, 0.29) is 18.1 Å². The molecule has 0 fully saturated rings. The predicted molar refractivity (Wildman–Crippen MR) is 94.6 cm³/mol. The highest BCUT2D eigenvalue weighted by Crippen LogP contribution is 2.15. The molecule has 1 unspecified atom stereocenters. The highest BCUT2D eigenvalue weighted by molar-refractivity contribution is 5.74. The molecule has 1 aromatic rings. The fraction of sp³-hybridized carbons (Fsp3) is 0.611. The molecule has 5 heteroatoms. The van der Waals surface area contributed by atoms with E-state index in [0.29, 0.717) is 13.1 Å². The van der Waals surface area contributed by atoms with E-state index >= 15 is 0 Å². The molecule has 0 aliphatic rings. The van der Waals surface area contributed by atoms with Crippen molar-refractivity contribution in [2.75, 3.05) is 33.7 Å². The summed E-state index contributed by atoms with van der Waals surface area (Å²) in [6, 6.07) is 7.60. The van der Waals surface area contributed by atoms with Crippen molar-refractivity contribution in [3.8, 4) is 0 Å². The molecule has 0 aliphatic carbocycles. The van der Waals surface area contributed by atoms with Gasteiger partial charge in [-0.2, -0.15) is 0 Å². The molecule has 0 saturated heterocycles. The zero-order valence-corrected chi connectivity index (χ0v) is 15.3. The Morgan fingerprint density at radius 1 is 1.26 bits per heavy atom. The lowest BCUT2D eigenvalue weighted by Crippen LogP contribution is -2.51. The molecule has 0 radical (unpaired) electrons. The highest BCUT2D eigenvalue weighted by atomic mass is 16.3. The third kappa shape index (κ3) is 5.84. The van der Waals surface area contributed by atoms with Crippen molar-refractivity contribution < 1.29 is 9.90 Å². The van der Waals surface area contributed by atoms with Gasteiger partial charge in [0.2, 0.25) is 0 Å². The Labute approximate surface area is 140 Å². The maximum absolute atomic E-state index is 12.3. The van der Waals surface area contributed by atoms with Gasteiger partial charge in [-0.05, 0) is 47.4 Å². The average Bonchev–Trinajstić information content (AvgIpc) is 2.50. The van der Waals surface area contributed by atoms with Crippen LogP contribution >= 0.6 is 0 Å². The number of nitrogens with zero attached hydrogens (tertiary/aromatic N) is 2. The van der Waals surface area contributed by atoms with Gasteiger partial charge in [0.25, 0.3) is 0 Å². The lowest BCUT2D eigenvalue weighted by Gasteiger charge is -2.34. The summed E-state index contributed by atoms with van der Waals surface area (Å²) in [5, 5.41) is 13.3. The van der Waals surface area contributed by atoms with E-state index in [4.69, 9.17) is 0 Å². The molecular weight excluding hydrogens is 290 g/mol. The summed E-state index contributed by atoms with van der Waals surface area (Å²) in [5.41, 5.74) is 1.86. The maximum Gasteiger partial charge on any atom is 0.317 e. The number of benzene rings is 1. The summed E-state index contributed by atoms with van der Waals surface area (Å²) in [7, 11) is 3.98. The molecule has 0 aromatic heterocycles. The minimum Gasteiger partial charge on any atom is -0.387 e. The van der Waals surface area contributed by atoms with Crippen molar-refractivity contribution in [1.29, 1.82) is 0 Å². The standard InChI is InChI=1S/C18H31N3O2/c1-7-21(17(23)19-13-18(3,4)20(5)6)12-16(22)15-10-8-14(2)9-11-15/h8-11,16,22H,7,12-13H2,1-6H3,(H,19,23). The van der Waals surface area contributed by atoms with Crippen LogP contribution in [-0.4, -0.2) is 60.2 Å². The highest BCUT2D eigenvalue weighted by Gasteiger charge is 2.23. The molecule has 1 aromatic carbocycles. The largest absolute Gasteiger partial charge is 0.387 e. The second-order valence-electron chi connectivity index (χ2n) is 6.83. The molecule has 0 bridgehead atoms. The number of nitrogens with one attached hydrogen (secondary N) is 1. The van der Waals surface area contributed by atoms with Crippen molar-refractivity contribution in [2.45, 2.75) is 39.3 Å². The third-order valence-corrected chi connectivity index (χ3v) is 4.41. The van der Waals surface area contributed by atoms with E-state index in [1.165, 1.54) is 0 Å². The van der Waals surface area contributed by atoms with E-state index in [1.807, 2.05) is 52.2 Å². The number of amides is 2. The molecule has 130 valence electrons. The first kappa shape index (κ1) is 19.5. The Balaban J connectivity index is 2.61. The van der Waals surface area contributed by atoms with E-state index < -0.39 is 6.10 Å². The first-order valence-electron chi connectivity index (χ1n) is 8.12. The summed E-state index contributed by atoms with van der Waals surface area (Å²) in [6.45, 7) is 9.46. The van der Waals surface area contributed by atoms with Gasteiger partial charge in [0, 0.05) is 18.6 Å². The summed E-state index contributed by atoms with van der Waals surface area (Å²) in [5.74, 6) is 0. The van der Waals surface area contributed by atoms with Crippen LogP contribution < -0.4 is 5.32 Å². The quantitative estimate of drug-likeness (QED) is 0.811. The van der Waals surface area contributed by atoms with Crippen LogP contribution in [0, 0.1) is 6.92 Å². The van der Waals surface area contributed by atoms with Gasteiger partial charge in [0.15, 0.2) is 0 Å². The summed E-state index contributed by atoms with van der Waals surface area (Å²) >= 11 is 0. The molecule has 0 saturated carbocycles. The Bertz CT molecular complexity index is 497. The minimum atomic E-state index is -0.678. The van der Waals surface area contributed by atoms with Crippen LogP contribution in [0.2, 0.25) is 0 Å². The predicted octanol–water partition coefficient (Wildman–Crippen LogP) is 2.40. The lowest BCUT2D eigenvalue weighted by atomic mass is 10.0. The monoisotopic (exact) mass is 321 g/mol. The van der Waals surface area contributed by atoms with Crippen LogP contribution in [0.4, 0.5) is 4.79 Å². The van der Waals surface area contributed by atoms with Crippen LogP contribution in [-0.2, 0) is 0 Å². The van der Waals surface area contributed by atoms with Crippen molar-refractivity contribution >= 4 is 6.03 Å². The summed E-state index contributed by atoms with van der Waals surface area (Å²) < 4.78 is 0. The van der Waals surface area contributed by atoms with Crippen molar-refractivity contribution in [3.05, 3.63) is 35.4 Å². The van der Waals surface area contributed by atoms with Crippen LogP contribution in [0.3, 0.4) is 0 Å². The van der Waals surface area contributed by atoms with Gasteiger partial charge >= 0.3 is 6.03 Å². The Morgan fingerprint density at radius 2 is 1.83 bits per heavy atom. The summed E-state index contributed by atoms with van der Waals surface area (Å²) in [6.07, 6.45) is -0.678. The minimum absolute atomic E-state index is 0.120. The van der Waals surface area contributed by atoms with Gasteiger partial charge in [-0.25, -0.2) is 4.79 Å². The second-order valence-corrected chi connectivity index (χ2v) is 6.83. The van der Waals surface area contributed by atoms with Gasteiger partial charge in [-0.15, -0.1) is 0 Å². The molecule has 23 heavy (non-hydrogen) atoms. The zero-order valence-electron chi connectivity index (χ0n) is 15.3. The molecule has 2 amide bonds. The SMILES string of the molecule is CCN(CC(O)c1ccc(C)cc1)C(=O)NCC(C)(C)N(C)C. The second kappa shape index (κ2) is 8.31. The fourth-order valence-corrected chi connectivity index (χ4v) is 2.02. The normalized spacial score (nSPS) is 13.0. The lowest BCUT2D eigenvalue weighted by molar-refractivity contribution is 0.120. The van der Waals surface area contributed by atoms with E-state index in [9.17, 15) is 9.90 Å². The number of hydrogen-bond acceptors (Lipinski definition) is 3. The van der Waals surface area contributed by atoms with Crippen molar-refractivity contribution in [1.82, 2.24) is 15.1 Å². The van der Waals surface area contributed by atoms with Crippen LogP contribution in [0.1, 0.15) is 38.0 Å². The average molecular weight is 321 g/mol. The molecule has 0 spiro atoms. The number of rotatable bonds is 7. The molecule has 0 heterocycles. The number of aryl methyl sites for hydroxylation is 1. The first-order chi connectivity index (χ1) is 10.7. The number of aliphatic hydroxyl groups is 1. The third-order valence-electron chi connectivity index (χ3n) is 4.41. The number of hydrogen-bond donors (Lipinski definition) is 2. The topological polar surface area (TPSA) is 55.8 Å². The molecule has 2 N–H and O–H groups in total. The van der Waals surface area contributed by atoms with E-state index in [0.717, 1.165) is 11.1 Å². The van der Waals surface area contributed by atoms with Crippen molar-refractivity contribution in [3.63, 3.8) is 0 Å². The zero-order chi connectivity index (χ0) is 17.6. The number of likely N-dealkylation sites (N-methyl/N-ethyl adjacent to an activating group) is 2. The van der Waals surface area contributed by atoms with Crippen molar-refractivity contribution in [2.24, 2.45) is 0 Å².